The number of fused-ring (bicyclic) bond motifs is 11. The summed E-state index contributed by atoms with van der Waals surface area (Å²) in [5, 5.41) is 0. The number of amides is 4. The Bertz CT molecular complexity index is 1500. The Morgan fingerprint density at radius 1 is 0.512 bits per heavy atom. The van der Waals surface area contributed by atoms with E-state index in [0.717, 1.165) is 11.1 Å². The van der Waals surface area contributed by atoms with E-state index in [9.17, 15) is 19.2 Å². The molecule has 0 unspecified atom stereocenters. The van der Waals surface area contributed by atoms with Gasteiger partial charge in [-0.05, 0) is 48.3 Å². The number of carbonyl (C=O) groups is 4. The smallest absolute Gasteiger partial charge is 0.238 e. The fourth-order valence-electron chi connectivity index (χ4n) is 8.95. The highest BCUT2D eigenvalue weighted by Crippen LogP contribution is 2.55. The second-order valence-electron chi connectivity index (χ2n) is 12.7. The Balaban J connectivity index is 1.06. The van der Waals surface area contributed by atoms with Gasteiger partial charge in [0, 0.05) is 11.8 Å². The molecule has 0 bridgehead atoms. The molecule has 10 atom stereocenters. The number of hydrogen-bond acceptors (Lipinski definition) is 7. The van der Waals surface area contributed by atoms with Crippen LogP contribution in [0.1, 0.15) is 12.8 Å². The number of rotatable bonds is 2. The summed E-state index contributed by atoms with van der Waals surface area (Å²) in [5.41, 5.74) is 3.13. The predicted molar refractivity (Wildman–Crippen MR) is 152 cm³/mol. The Hall–Kier alpha value is -3.92. The molecule has 0 saturated carbocycles. The van der Waals surface area contributed by atoms with Crippen molar-refractivity contribution < 1.29 is 33.4 Å². The number of allylic oxidation sites excluding steroid dienone is 2. The van der Waals surface area contributed by atoms with E-state index >= 15 is 0 Å². The maximum absolute atomic E-state index is 14.0. The molecular weight excluding hydrogens is 548 g/mol. The highest BCUT2D eigenvalue weighted by molar-refractivity contribution is 6.23. The highest BCUT2D eigenvalue weighted by Gasteiger charge is 2.66. The van der Waals surface area contributed by atoms with E-state index in [1.54, 1.807) is 24.3 Å². The number of benzene rings is 2. The van der Waals surface area contributed by atoms with Crippen LogP contribution in [0.2, 0.25) is 0 Å². The third-order valence-electron chi connectivity index (χ3n) is 10.8. The molecule has 0 radical (unpaired) electrons. The largest absolute Gasteiger partial charge is 0.368 e. The van der Waals surface area contributed by atoms with E-state index in [2.05, 4.69) is 0 Å². The van der Waals surface area contributed by atoms with Crippen LogP contribution >= 0.6 is 0 Å². The van der Waals surface area contributed by atoms with Crippen LogP contribution in [0, 0.1) is 35.5 Å². The molecule has 9 rings (SSSR count). The van der Waals surface area contributed by atoms with E-state index < -0.39 is 48.1 Å². The van der Waals surface area contributed by atoms with Crippen LogP contribution < -0.4 is 9.80 Å². The van der Waals surface area contributed by atoms with Crippen LogP contribution in [0.3, 0.4) is 0 Å². The van der Waals surface area contributed by atoms with Crippen LogP contribution in [-0.2, 0) is 33.4 Å². The van der Waals surface area contributed by atoms with E-state index in [1.165, 1.54) is 9.80 Å². The molecule has 5 saturated heterocycles. The maximum atomic E-state index is 14.0. The van der Waals surface area contributed by atoms with Crippen molar-refractivity contribution in [2.45, 2.75) is 37.3 Å². The third kappa shape index (κ3) is 3.44. The number of hydrogen-bond donors (Lipinski definition) is 0. The molecule has 218 valence electrons. The van der Waals surface area contributed by atoms with E-state index in [0.29, 0.717) is 37.4 Å². The van der Waals surface area contributed by atoms with Gasteiger partial charge in [-0.3, -0.25) is 29.0 Å². The zero-order valence-corrected chi connectivity index (χ0v) is 23.3. The minimum Gasteiger partial charge on any atom is -0.368 e. The normalized spacial score (nSPS) is 39.3. The molecule has 9 nitrogen and oxygen atoms in total. The van der Waals surface area contributed by atoms with Crippen LogP contribution in [0.4, 0.5) is 11.4 Å². The fourth-order valence-corrected chi connectivity index (χ4v) is 8.95. The first-order valence-electron chi connectivity index (χ1n) is 15.1. The second kappa shape index (κ2) is 9.29. The van der Waals surface area contributed by atoms with Crippen molar-refractivity contribution in [2.24, 2.45) is 35.5 Å². The first kappa shape index (κ1) is 25.6. The number of ether oxygens (including phenoxy) is 3. The minimum atomic E-state index is -0.554. The van der Waals surface area contributed by atoms with Gasteiger partial charge in [-0.15, -0.1) is 0 Å². The molecule has 7 aliphatic rings. The molecule has 5 fully saturated rings. The minimum absolute atomic E-state index is 0.178. The summed E-state index contributed by atoms with van der Waals surface area (Å²) in [7, 11) is 0. The van der Waals surface area contributed by atoms with Gasteiger partial charge in [-0.25, -0.2) is 0 Å². The first-order valence-corrected chi connectivity index (χ1v) is 15.1. The van der Waals surface area contributed by atoms with E-state index in [-0.39, 0.29) is 35.5 Å². The van der Waals surface area contributed by atoms with Crippen LogP contribution in [-0.4, -0.2) is 61.3 Å². The Morgan fingerprint density at radius 3 is 1.35 bits per heavy atom. The molecule has 0 N–H and O–H groups in total. The van der Waals surface area contributed by atoms with Crippen LogP contribution in [0.25, 0.3) is 0 Å². The molecule has 0 spiro atoms. The van der Waals surface area contributed by atoms with Crippen molar-refractivity contribution in [3.05, 3.63) is 84.0 Å². The van der Waals surface area contributed by atoms with Crippen molar-refractivity contribution in [1.29, 1.82) is 0 Å². The van der Waals surface area contributed by atoms with E-state index in [4.69, 9.17) is 14.2 Å². The average molecular weight is 579 g/mol. The zero-order valence-electron chi connectivity index (χ0n) is 23.3. The lowest BCUT2D eigenvalue weighted by molar-refractivity contribution is -0.134. The summed E-state index contributed by atoms with van der Waals surface area (Å²) in [4.78, 5) is 57.8. The van der Waals surface area contributed by atoms with Gasteiger partial charge in [-0.1, -0.05) is 48.6 Å². The summed E-state index contributed by atoms with van der Waals surface area (Å²) >= 11 is 0. The Morgan fingerprint density at radius 2 is 0.930 bits per heavy atom. The fraction of sp³-hybridized carbons (Fsp3) is 0.412. The van der Waals surface area contributed by atoms with Gasteiger partial charge >= 0.3 is 0 Å². The van der Waals surface area contributed by atoms with Gasteiger partial charge in [0.15, 0.2) is 0 Å². The summed E-state index contributed by atoms with van der Waals surface area (Å²) in [6.45, 7) is 0.687. The topological polar surface area (TPSA) is 102 Å². The van der Waals surface area contributed by atoms with Crippen molar-refractivity contribution in [3.8, 4) is 0 Å². The van der Waals surface area contributed by atoms with Crippen molar-refractivity contribution in [1.82, 2.24) is 0 Å². The molecule has 43 heavy (non-hydrogen) atoms. The molecule has 2 aliphatic carbocycles. The number of anilines is 2. The average Bonchev–Trinajstić information content (AvgIpc) is 3.64. The number of para-hydroxylation sites is 2. The summed E-state index contributed by atoms with van der Waals surface area (Å²) in [6, 6.07) is 18.2. The van der Waals surface area contributed by atoms with Crippen LogP contribution in [0.5, 0.6) is 0 Å². The third-order valence-corrected chi connectivity index (χ3v) is 10.8. The second-order valence-corrected chi connectivity index (χ2v) is 12.7. The molecular formula is C34H30N2O7. The predicted octanol–water partition coefficient (Wildman–Crippen LogP) is 3.06. The monoisotopic (exact) mass is 578 g/mol. The van der Waals surface area contributed by atoms with Gasteiger partial charge in [0.1, 0.15) is 12.2 Å². The molecule has 5 aliphatic heterocycles. The quantitative estimate of drug-likeness (QED) is 0.399. The van der Waals surface area contributed by atoms with Gasteiger partial charge in [0.05, 0.1) is 60.5 Å². The van der Waals surface area contributed by atoms with Gasteiger partial charge in [-0.2, -0.15) is 0 Å². The van der Waals surface area contributed by atoms with Gasteiger partial charge in [0.2, 0.25) is 23.6 Å². The highest BCUT2D eigenvalue weighted by atomic mass is 16.6. The molecule has 5 heterocycles. The molecule has 9 heteroatoms. The lowest BCUT2D eigenvalue weighted by Gasteiger charge is -2.42. The summed E-state index contributed by atoms with van der Waals surface area (Å²) in [5.74, 6) is -3.45. The SMILES string of the molecule is O=C1[C@@H]2[C@@H]3C(=CC[C@@H]2C(=O)N1c1ccccc1)CO[C@H]1[C@H]2OCC4=CC[C@H]5C(=O)N(c6ccccc6)C(=O)[C@H]5[C@@H]4[C@H]2O[C@H]13. The Labute approximate surface area is 248 Å². The van der Waals surface area contributed by atoms with Gasteiger partial charge in [0.25, 0.3) is 0 Å². The van der Waals surface area contributed by atoms with Crippen molar-refractivity contribution in [3.63, 3.8) is 0 Å². The van der Waals surface area contributed by atoms with Crippen molar-refractivity contribution in [2.75, 3.05) is 23.0 Å². The first-order chi connectivity index (χ1) is 21.0. The molecule has 0 aromatic heterocycles. The van der Waals surface area contributed by atoms with Crippen LogP contribution in [0.15, 0.2) is 84.0 Å². The number of nitrogens with zero attached hydrogens (tertiary/aromatic N) is 2. The Kier molecular flexibility index (Phi) is 5.52. The summed E-state index contributed by atoms with van der Waals surface area (Å²) < 4.78 is 19.6. The van der Waals surface area contributed by atoms with Crippen molar-refractivity contribution >= 4 is 35.0 Å². The van der Waals surface area contributed by atoms with E-state index in [1.807, 2.05) is 48.6 Å². The van der Waals surface area contributed by atoms with Gasteiger partial charge < -0.3 is 14.2 Å². The summed E-state index contributed by atoms with van der Waals surface area (Å²) in [6.07, 6.45) is 3.16. The molecule has 2 aromatic carbocycles. The molecule has 2 aromatic rings. The number of carbonyl (C=O) groups excluding carboxylic acids is 4. The number of imide groups is 2. The maximum Gasteiger partial charge on any atom is 0.238 e. The standard InChI is InChI=1S/C34H30N2O7/c37-31-21-13-11-17-15-41-29-27(23(17)25(21)33(39)35(31)19-7-3-1-4-8-19)43-28-24-18(16-42-30(28)29)12-14-22-26(24)34(40)36(32(22)38)20-9-5-2-6-10-20/h1-12,21-30H,13-16H2/t21-,22+,23-,24+,25-,26+,27-,28+,29+,30-. The molecule has 4 amide bonds. The zero-order chi connectivity index (χ0) is 29.0. The lowest BCUT2D eigenvalue weighted by Crippen LogP contribution is -2.53. The lowest BCUT2D eigenvalue weighted by atomic mass is 9.67.